The first-order valence-corrected chi connectivity index (χ1v) is 8.14. The van der Waals surface area contributed by atoms with Gasteiger partial charge in [0.25, 0.3) is 0 Å². The summed E-state index contributed by atoms with van der Waals surface area (Å²) in [6, 6.07) is -0.0106. The molecule has 0 spiro atoms. The Balaban J connectivity index is 1.72. The zero-order valence-corrected chi connectivity index (χ0v) is 13.3. The van der Waals surface area contributed by atoms with Crippen molar-refractivity contribution in [2.45, 2.75) is 52.1 Å². The fraction of sp³-hybridized carbons (Fsp3) is 0.750. The van der Waals surface area contributed by atoms with Crippen molar-refractivity contribution in [2.75, 3.05) is 19.6 Å². The van der Waals surface area contributed by atoms with Crippen LogP contribution in [0.2, 0.25) is 0 Å². The van der Waals surface area contributed by atoms with Crippen molar-refractivity contribution in [2.24, 2.45) is 5.92 Å². The van der Waals surface area contributed by atoms with Crippen LogP contribution < -0.4 is 5.32 Å². The molecule has 1 N–H and O–H groups in total. The number of imidazole rings is 1. The summed E-state index contributed by atoms with van der Waals surface area (Å²) in [6.45, 7) is 7.89. The van der Waals surface area contributed by atoms with Crippen molar-refractivity contribution < 1.29 is 4.79 Å². The Morgan fingerprint density at radius 1 is 1.24 bits per heavy atom. The van der Waals surface area contributed by atoms with Gasteiger partial charge in [0.15, 0.2) is 0 Å². The standard InChI is InChI=1S/C16H28N4O/c1-14(12-19-10-7-17-13-19)11-18-16(21)15(2)20-8-5-3-4-6-9-20/h7,10,13-15H,3-6,8-9,11-12H2,1-2H3,(H,18,21)/t14-,15-/m1/s1. The van der Waals surface area contributed by atoms with Gasteiger partial charge in [0.1, 0.15) is 0 Å². The molecule has 1 saturated heterocycles. The van der Waals surface area contributed by atoms with Crippen LogP contribution in [0.25, 0.3) is 0 Å². The van der Waals surface area contributed by atoms with Crippen LogP contribution in [-0.2, 0) is 11.3 Å². The van der Waals surface area contributed by atoms with Gasteiger partial charge in [-0.1, -0.05) is 19.8 Å². The largest absolute Gasteiger partial charge is 0.354 e. The zero-order valence-electron chi connectivity index (χ0n) is 13.3. The molecule has 0 aromatic carbocycles. The van der Waals surface area contributed by atoms with Gasteiger partial charge in [0.05, 0.1) is 12.4 Å². The lowest BCUT2D eigenvalue weighted by atomic mass is 10.1. The third kappa shape index (κ3) is 5.16. The first-order valence-electron chi connectivity index (χ1n) is 8.14. The molecule has 21 heavy (non-hydrogen) atoms. The van der Waals surface area contributed by atoms with E-state index in [-0.39, 0.29) is 11.9 Å². The molecular weight excluding hydrogens is 264 g/mol. The van der Waals surface area contributed by atoms with E-state index < -0.39 is 0 Å². The van der Waals surface area contributed by atoms with E-state index in [9.17, 15) is 4.79 Å². The maximum absolute atomic E-state index is 12.3. The second kappa shape index (κ2) is 8.17. The van der Waals surface area contributed by atoms with Gasteiger partial charge in [-0.3, -0.25) is 9.69 Å². The molecule has 2 heterocycles. The summed E-state index contributed by atoms with van der Waals surface area (Å²) in [4.78, 5) is 18.6. The fourth-order valence-corrected chi connectivity index (χ4v) is 2.89. The molecule has 2 atom stereocenters. The van der Waals surface area contributed by atoms with Crippen LogP contribution in [0.4, 0.5) is 0 Å². The van der Waals surface area contributed by atoms with Crippen molar-refractivity contribution in [3.63, 3.8) is 0 Å². The summed E-state index contributed by atoms with van der Waals surface area (Å²) in [6.07, 6.45) is 10.6. The SMILES string of the molecule is C[C@H](CNC(=O)[C@@H](C)N1CCCCCC1)Cn1ccnc1. The number of amides is 1. The molecule has 1 aromatic heterocycles. The van der Waals surface area contributed by atoms with Crippen LogP contribution in [0, 0.1) is 5.92 Å². The molecule has 1 aliphatic rings. The van der Waals surface area contributed by atoms with E-state index in [0.717, 1.165) is 26.2 Å². The zero-order chi connectivity index (χ0) is 15.1. The molecule has 0 aliphatic carbocycles. The van der Waals surface area contributed by atoms with Gasteiger partial charge in [-0.2, -0.15) is 0 Å². The number of hydrogen-bond donors (Lipinski definition) is 1. The van der Waals surface area contributed by atoms with Gasteiger partial charge < -0.3 is 9.88 Å². The number of carbonyl (C=O) groups is 1. The number of carbonyl (C=O) groups excluding carboxylic acids is 1. The minimum Gasteiger partial charge on any atom is -0.354 e. The number of nitrogens with zero attached hydrogens (tertiary/aromatic N) is 3. The number of aromatic nitrogens is 2. The average Bonchev–Trinajstić information content (AvgIpc) is 2.83. The maximum Gasteiger partial charge on any atom is 0.237 e. The van der Waals surface area contributed by atoms with Gasteiger partial charge in [-0.15, -0.1) is 0 Å². The topological polar surface area (TPSA) is 50.2 Å². The highest BCUT2D eigenvalue weighted by atomic mass is 16.2. The van der Waals surface area contributed by atoms with Crippen molar-refractivity contribution >= 4 is 5.91 Å². The Hall–Kier alpha value is -1.36. The van der Waals surface area contributed by atoms with Crippen molar-refractivity contribution in [3.05, 3.63) is 18.7 Å². The fourth-order valence-electron chi connectivity index (χ4n) is 2.89. The highest BCUT2D eigenvalue weighted by molar-refractivity contribution is 5.81. The third-order valence-electron chi connectivity index (χ3n) is 4.27. The summed E-state index contributed by atoms with van der Waals surface area (Å²) in [5.74, 6) is 0.564. The van der Waals surface area contributed by atoms with Crippen LogP contribution >= 0.6 is 0 Å². The Labute approximate surface area is 127 Å². The Morgan fingerprint density at radius 3 is 2.57 bits per heavy atom. The molecule has 1 aliphatic heterocycles. The maximum atomic E-state index is 12.3. The molecule has 0 unspecified atom stereocenters. The number of rotatable bonds is 6. The molecule has 118 valence electrons. The van der Waals surface area contributed by atoms with Crippen molar-refractivity contribution in [1.29, 1.82) is 0 Å². The summed E-state index contributed by atoms with van der Waals surface area (Å²) in [5.41, 5.74) is 0. The molecule has 0 saturated carbocycles. The quantitative estimate of drug-likeness (QED) is 0.871. The van der Waals surface area contributed by atoms with E-state index in [0.29, 0.717) is 5.92 Å². The van der Waals surface area contributed by atoms with Crippen LogP contribution in [0.1, 0.15) is 39.5 Å². The molecule has 1 fully saturated rings. The van der Waals surface area contributed by atoms with Crippen LogP contribution in [0.5, 0.6) is 0 Å². The molecule has 5 nitrogen and oxygen atoms in total. The summed E-state index contributed by atoms with van der Waals surface area (Å²) >= 11 is 0. The first-order chi connectivity index (χ1) is 10.2. The van der Waals surface area contributed by atoms with Gasteiger partial charge >= 0.3 is 0 Å². The first kappa shape index (κ1) is 16.0. The monoisotopic (exact) mass is 292 g/mol. The molecule has 5 heteroatoms. The van der Waals surface area contributed by atoms with Gasteiger partial charge in [-0.05, 0) is 38.8 Å². The van der Waals surface area contributed by atoms with E-state index >= 15 is 0 Å². The Bertz CT molecular complexity index is 410. The van der Waals surface area contributed by atoms with E-state index in [1.54, 1.807) is 6.20 Å². The van der Waals surface area contributed by atoms with Crippen LogP contribution in [-0.4, -0.2) is 46.0 Å². The molecule has 2 rings (SSSR count). The lowest BCUT2D eigenvalue weighted by Crippen LogP contribution is -2.46. The van der Waals surface area contributed by atoms with Gasteiger partial charge in [0, 0.05) is 25.5 Å². The number of hydrogen-bond acceptors (Lipinski definition) is 3. The Morgan fingerprint density at radius 2 is 1.95 bits per heavy atom. The second-order valence-corrected chi connectivity index (χ2v) is 6.24. The third-order valence-corrected chi connectivity index (χ3v) is 4.27. The van der Waals surface area contributed by atoms with Crippen LogP contribution in [0.3, 0.4) is 0 Å². The van der Waals surface area contributed by atoms with Crippen molar-refractivity contribution in [1.82, 2.24) is 19.8 Å². The van der Waals surface area contributed by atoms with Crippen LogP contribution in [0.15, 0.2) is 18.7 Å². The lowest BCUT2D eigenvalue weighted by Gasteiger charge is -2.27. The molecular formula is C16H28N4O. The highest BCUT2D eigenvalue weighted by Crippen LogP contribution is 2.12. The predicted octanol–water partition coefficient (Wildman–Crippen LogP) is 1.90. The van der Waals surface area contributed by atoms with E-state index in [4.69, 9.17) is 0 Å². The second-order valence-electron chi connectivity index (χ2n) is 6.24. The van der Waals surface area contributed by atoms with Gasteiger partial charge in [0.2, 0.25) is 5.91 Å². The summed E-state index contributed by atoms with van der Waals surface area (Å²) in [7, 11) is 0. The van der Waals surface area contributed by atoms with E-state index in [2.05, 4.69) is 26.7 Å². The van der Waals surface area contributed by atoms with Gasteiger partial charge in [-0.25, -0.2) is 4.98 Å². The molecule has 1 amide bonds. The van der Waals surface area contributed by atoms with E-state index in [1.165, 1.54) is 25.7 Å². The Kier molecular flexibility index (Phi) is 6.23. The smallest absolute Gasteiger partial charge is 0.237 e. The lowest BCUT2D eigenvalue weighted by molar-refractivity contribution is -0.126. The normalized spacial score (nSPS) is 19.7. The van der Waals surface area contributed by atoms with E-state index in [1.807, 2.05) is 19.4 Å². The van der Waals surface area contributed by atoms with Crippen molar-refractivity contribution in [3.8, 4) is 0 Å². The number of nitrogens with one attached hydrogen (secondary N) is 1. The molecule has 0 radical (unpaired) electrons. The highest BCUT2D eigenvalue weighted by Gasteiger charge is 2.22. The molecule has 0 bridgehead atoms. The minimum atomic E-state index is -0.0106. The average molecular weight is 292 g/mol. The number of likely N-dealkylation sites (tertiary alicyclic amines) is 1. The predicted molar refractivity (Wildman–Crippen MR) is 83.9 cm³/mol. The summed E-state index contributed by atoms with van der Waals surface area (Å²) in [5, 5.41) is 3.10. The minimum absolute atomic E-state index is 0.0106. The summed E-state index contributed by atoms with van der Waals surface area (Å²) < 4.78 is 2.05. The molecule has 1 aromatic rings.